The summed E-state index contributed by atoms with van der Waals surface area (Å²) in [6.45, 7) is 6.10. The summed E-state index contributed by atoms with van der Waals surface area (Å²) in [7, 11) is 0. The van der Waals surface area contributed by atoms with E-state index in [-0.39, 0.29) is 11.2 Å². The van der Waals surface area contributed by atoms with Gasteiger partial charge in [-0.1, -0.05) is 11.8 Å². The Morgan fingerprint density at radius 2 is 2.32 bits per heavy atom. The molecular weight excluding hydrogens is 266 g/mol. The molecule has 0 fully saturated rings. The van der Waals surface area contributed by atoms with E-state index in [4.69, 9.17) is 8.83 Å². The molecule has 0 saturated heterocycles. The Labute approximate surface area is 115 Å². The summed E-state index contributed by atoms with van der Waals surface area (Å²) in [4.78, 5) is 11.6. The summed E-state index contributed by atoms with van der Waals surface area (Å²) >= 11 is 1.23. The van der Waals surface area contributed by atoms with Crippen molar-refractivity contribution in [1.82, 2.24) is 15.5 Å². The van der Waals surface area contributed by atoms with Gasteiger partial charge >= 0.3 is 0 Å². The number of thioether (sulfide) groups is 1. The number of hydrogen-bond donors (Lipinski definition) is 1. The molecule has 1 amide bonds. The smallest absolute Gasteiger partial charge is 0.277 e. The Morgan fingerprint density at radius 3 is 2.95 bits per heavy atom. The molecule has 0 aliphatic heterocycles. The Morgan fingerprint density at radius 1 is 1.53 bits per heavy atom. The van der Waals surface area contributed by atoms with Crippen molar-refractivity contribution < 1.29 is 13.6 Å². The van der Waals surface area contributed by atoms with Crippen LogP contribution in [0.1, 0.15) is 19.6 Å². The van der Waals surface area contributed by atoms with Gasteiger partial charge in [0.15, 0.2) is 0 Å². The molecule has 6 nitrogen and oxygen atoms in total. The molecule has 19 heavy (non-hydrogen) atoms. The molecule has 2 aromatic rings. The normalized spacial score (nSPS) is 12.4. The van der Waals surface area contributed by atoms with Crippen molar-refractivity contribution in [2.24, 2.45) is 0 Å². The number of hydrogen-bond acceptors (Lipinski definition) is 6. The van der Waals surface area contributed by atoms with E-state index in [2.05, 4.69) is 15.5 Å². The molecule has 0 spiro atoms. The highest BCUT2D eigenvalue weighted by molar-refractivity contribution is 8.00. The van der Waals surface area contributed by atoms with Crippen molar-refractivity contribution in [3.8, 4) is 11.5 Å². The van der Waals surface area contributed by atoms with Crippen molar-refractivity contribution in [2.75, 3.05) is 6.54 Å². The molecule has 7 heteroatoms. The first-order chi connectivity index (χ1) is 9.11. The van der Waals surface area contributed by atoms with Crippen LogP contribution >= 0.6 is 11.8 Å². The van der Waals surface area contributed by atoms with Crippen LogP contribution in [0.15, 0.2) is 26.4 Å². The van der Waals surface area contributed by atoms with Crippen molar-refractivity contribution in [2.45, 2.75) is 31.2 Å². The lowest BCUT2D eigenvalue weighted by Crippen LogP contribution is -2.30. The third-order valence-electron chi connectivity index (χ3n) is 2.49. The van der Waals surface area contributed by atoms with Gasteiger partial charge < -0.3 is 14.2 Å². The predicted octanol–water partition coefficient (Wildman–Crippen LogP) is 2.25. The van der Waals surface area contributed by atoms with Crippen LogP contribution in [0.25, 0.3) is 11.5 Å². The van der Waals surface area contributed by atoms with Gasteiger partial charge in [0.2, 0.25) is 5.91 Å². The molecule has 0 aliphatic rings. The van der Waals surface area contributed by atoms with Crippen LogP contribution < -0.4 is 5.32 Å². The molecule has 0 unspecified atom stereocenters. The Balaban J connectivity index is 2.06. The number of furan rings is 1. The van der Waals surface area contributed by atoms with E-state index in [1.54, 1.807) is 19.3 Å². The van der Waals surface area contributed by atoms with Gasteiger partial charge in [0, 0.05) is 6.54 Å². The Bertz CT molecular complexity index is 564. The third kappa shape index (κ3) is 3.17. The molecule has 0 radical (unpaired) electrons. The molecule has 1 atom stereocenters. The first kappa shape index (κ1) is 13.7. The average molecular weight is 281 g/mol. The maximum Gasteiger partial charge on any atom is 0.277 e. The number of aryl methyl sites for hydroxylation is 1. The van der Waals surface area contributed by atoms with Gasteiger partial charge in [0.1, 0.15) is 5.76 Å². The predicted molar refractivity (Wildman–Crippen MR) is 70.7 cm³/mol. The van der Waals surface area contributed by atoms with Gasteiger partial charge in [0.25, 0.3) is 11.1 Å². The van der Waals surface area contributed by atoms with Gasteiger partial charge in [-0.05, 0) is 26.8 Å². The molecule has 0 saturated carbocycles. The number of carbonyl (C=O) groups excluding carboxylic acids is 1. The van der Waals surface area contributed by atoms with Gasteiger partial charge in [0.05, 0.1) is 17.1 Å². The van der Waals surface area contributed by atoms with Crippen LogP contribution in [-0.4, -0.2) is 27.9 Å². The van der Waals surface area contributed by atoms with E-state index >= 15 is 0 Å². The summed E-state index contributed by atoms with van der Waals surface area (Å²) in [6, 6.07) is 1.77. The first-order valence-electron chi connectivity index (χ1n) is 5.94. The summed E-state index contributed by atoms with van der Waals surface area (Å²) in [5, 5.41) is 10.7. The van der Waals surface area contributed by atoms with Crippen molar-refractivity contribution >= 4 is 17.7 Å². The Kier molecular flexibility index (Phi) is 4.26. The zero-order valence-electron chi connectivity index (χ0n) is 11.0. The van der Waals surface area contributed by atoms with Crippen molar-refractivity contribution in [1.29, 1.82) is 0 Å². The lowest BCUT2D eigenvalue weighted by Gasteiger charge is -2.07. The highest BCUT2D eigenvalue weighted by Gasteiger charge is 2.19. The maximum absolute atomic E-state index is 11.6. The van der Waals surface area contributed by atoms with Crippen LogP contribution in [0.3, 0.4) is 0 Å². The SMILES string of the molecule is CCNC(=O)[C@H](C)Sc1nnc(-c2ccoc2C)o1. The van der Waals surface area contributed by atoms with Crippen molar-refractivity contribution in [3.63, 3.8) is 0 Å². The summed E-state index contributed by atoms with van der Waals surface area (Å²) in [5.74, 6) is 1.07. The number of nitrogens with one attached hydrogen (secondary N) is 1. The quantitative estimate of drug-likeness (QED) is 0.847. The van der Waals surface area contributed by atoms with E-state index in [9.17, 15) is 4.79 Å². The summed E-state index contributed by atoms with van der Waals surface area (Å²) < 4.78 is 10.7. The lowest BCUT2D eigenvalue weighted by atomic mass is 10.3. The topological polar surface area (TPSA) is 81.2 Å². The van der Waals surface area contributed by atoms with E-state index in [0.29, 0.717) is 17.7 Å². The van der Waals surface area contributed by atoms with Gasteiger partial charge in [-0.15, -0.1) is 10.2 Å². The molecule has 102 valence electrons. The summed E-state index contributed by atoms with van der Waals surface area (Å²) in [6.07, 6.45) is 1.57. The highest BCUT2D eigenvalue weighted by atomic mass is 32.2. The average Bonchev–Trinajstić information content (AvgIpc) is 2.98. The fourth-order valence-corrected chi connectivity index (χ4v) is 2.20. The maximum atomic E-state index is 11.6. The molecule has 0 bridgehead atoms. The molecule has 0 aliphatic carbocycles. The fourth-order valence-electron chi connectivity index (χ4n) is 1.50. The van der Waals surface area contributed by atoms with E-state index in [0.717, 1.165) is 11.3 Å². The van der Waals surface area contributed by atoms with E-state index < -0.39 is 0 Å². The minimum absolute atomic E-state index is 0.0493. The number of nitrogens with zero attached hydrogens (tertiary/aromatic N) is 2. The van der Waals surface area contributed by atoms with E-state index in [1.807, 2.05) is 13.8 Å². The van der Waals surface area contributed by atoms with Crippen LogP contribution in [0.5, 0.6) is 0 Å². The second-order valence-electron chi connectivity index (χ2n) is 3.92. The Hall–Kier alpha value is -1.76. The number of aromatic nitrogens is 2. The van der Waals surface area contributed by atoms with Crippen molar-refractivity contribution in [3.05, 3.63) is 18.1 Å². The number of amides is 1. The number of carbonyl (C=O) groups is 1. The zero-order chi connectivity index (χ0) is 13.8. The van der Waals surface area contributed by atoms with Crippen LogP contribution in [0.4, 0.5) is 0 Å². The van der Waals surface area contributed by atoms with Gasteiger partial charge in [-0.2, -0.15) is 0 Å². The van der Waals surface area contributed by atoms with Crippen LogP contribution in [0, 0.1) is 6.92 Å². The molecule has 0 aromatic carbocycles. The molecule has 2 rings (SSSR count). The van der Waals surface area contributed by atoms with Crippen LogP contribution in [0.2, 0.25) is 0 Å². The fraction of sp³-hybridized carbons (Fsp3) is 0.417. The minimum atomic E-state index is -0.279. The first-order valence-corrected chi connectivity index (χ1v) is 6.82. The zero-order valence-corrected chi connectivity index (χ0v) is 11.8. The van der Waals surface area contributed by atoms with Gasteiger partial charge in [-0.3, -0.25) is 4.79 Å². The standard InChI is InChI=1S/C12H15N3O3S/c1-4-13-10(16)8(3)19-12-15-14-11(18-12)9-5-6-17-7(9)2/h5-6,8H,4H2,1-3H3,(H,13,16)/t8-/m0/s1. The largest absolute Gasteiger partial charge is 0.469 e. The van der Waals surface area contributed by atoms with Crippen LogP contribution in [-0.2, 0) is 4.79 Å². The second-order valence-corrected chi connectivity index (χ2v) is 5.21. The molecule has 1 N–H and O–H groups in total. The molecule has 2 heterocycles. The molecular formula is C12H15N3O3S. The number of rotatable bonds is 5. The summed E-state index contributed by atoms with van der Waals surface area (Å²) in [5.41, 5.74) is 0.769. The second kappa shape index (κ2) is 5.92. The minimum Gasteiger partial charge on any atom is -0.469 e. The van der Waals surface area contributed by atoms with E-state index in [1.165, 1.54) is 11.8 Å². The van der Waals surface area contributed by atoms with Gasteiger partial charge in [-0.25, -0.2) is 0 Å². The third-order valence-corrected chi connectivity index (χ3v) is 3.43. The monoisotopic (exact) mass is 281 g/mol. The lowest BCUT2D eigenvalue weighted by molar-refractivity contribution is -0.120. The molecule has 2 aromatic heterocycles. The highest BCUT2D eigenvalue weighted by Crippen LogP contribution is 2.28.